The van der Waals surface area contributed by atoms with Crippen LogP contribution in [0.2, 0.25) is 0 Å². The number of aromatic nitrogens is 2. The third-order valence-corrected chi connectivity index (χ3v) is 4.18. The van der Waals surface area contributed by atoms with E-state index in [1.807, 2.05) is 6.07 Å². The molecule has 1 heterocycles. The Kier molecular flexibility index (Phi) is 4.84. The van der Waals surface area contributed by atoms with E-state index in [1.165, 1.54) is 19.3 Å². The number of anilines is 2. The summed E-state index contributed by atoms with van der Waals surface area (Å²) in [5.41, 5.74) is 0.355. The molecular weight excluding hydrogens is 248 g/mol. The van der Waals surface area contributed by atoms with Gasteiger partial charge in [-0.3, -0.25) is 0 Å². The van der Waals surface area contributed by atoms with Crippen molar-refractivity contribution in [2.45, 2.75) is 65.8 Å². The summed E-state index contributed by atoms with van der Waals surface area (Å²) < 4.78 is 0. The van der Waals surface area contributed by atoms with Gasteiger partial charge in [0.15, 0.2) is 0 Å². The van der Waals surface area contributed by atoms with Crippen molar-refractivity contribution in [2.24, 2.45) is 5.41 Å². The van der Waals surface area contributed by atoms with Crippen molar-refractivity contribution in [3.8, 4) is 0 Å². The van der Waals surface area contributed by atoms with E-state index in [4.69, 9.17) is 0 Å². The average molecular weight is 276 g/mol. The summed E-state index contributed by atoms with van der Waals surface area (Å²) in [5.74, 6) is 2.84. The molecule has 1 aromatic rings. The number of nitrogens with one attached hydrogen (secondary N) is 2. The first-order valence-electron chi connectivity index (χ1n) is 7.93. The van der Waals surface area contributed by atoms with Gasteiger partial charge >= 0.3 is 0 Å². The van der Waals surface area contributed by atoms with Gasteiger partial charge in [0.2, 0.25) is 0 Å². The third kappa shape index (κ3) is 3.62. The highest BCUT2D eigenvalue weighted by Crippen LogP contribution is 2.38. The van der Waals surface area contributed by atoms with Gasteiger partial charge < -0.3 is 10.6 Å². The summed E-state index contributed by atoms with van der Waals surface area (Å²) in [5, 5.41) is 6.94. The maximum atomic E-state index is 4.67. The SMILES string of the molecule is CCCc1nc(NCC)cc(NC2CCCC2(C)C)n1. The Balaban J connectivity index is 2.17. The Morgan fingerprint density at radius 1 is 1.25 bits per heavy atom. The van der Waals surface area contributed by atoms with Crippen molar-refractivity contribution in [1.29, 1.82) is 0 Å². The summed E-state index contributed by atoms with van der Waals surface area (Å²) in [7, 11) is 0. The van der Waals surface area contributed by atoms with E-state index in [9.17, 15) is 0 Å². The first kappa shape index (κ1) is 15.1. The highest BCUT2D eigenvalue weighted by molar-refractivity contribution is 5.48. The molecule has 4 nitrogen and oxygen atoms in total. The average Bonchev–Trinajstić information content (AvgIpc) is 2.69. The summed E-state index contributed by atoms with van der Waals surface area (Å²) in [6.45, 7) is 9.83. The Morgan fingerprint density at radius 2 is 2.00 bits per heavy atom. The standard InChI is InChI=1S/C16H28N4/c1-5-8-13-19-14(17-6-2)11-15(20-13)18-12-9-7-10-16(12,3)4/h11-12H,5-10H2,1-4H3,(H2,17,18,19,20). The van der Waals surface area contributed by atoms with Gasteiger partial charge in [0.25, 0.3) is 0 Å². The van der Waals surface area contributed by atoms with Crippen LogP contribution in [0.25, 0.3) is 0 Å². The minimum absolute atomic E-state index is 0.355. The Bertz CT molecular complexity index is 418. The Morgan fingerprint density at radius 3 is 2.60 bits per heavy atom. The minimum atomic E-state index is 0.355. The van der Waals surface area contributed by atoms with Crippen LogP contribution in [0.5, 0.6) is 0 Å². The summed E-state index contributed by atoms with van der Waals surface area (Å²) >= 11 is 0. The fourth-order valence-corrected chi connectivity index (χ4v) is 2.95. The van der Waals surface area contributed by atoms with Crippen LogP contribution in [0.1, 0.15) is 59.2 Å². The molecule has 1 fully saturated rings. The van der Waals surface area contributed by atoms with E-state index in [0.29, 0.717) is 11.5 Å². The smallest absolute Gasteiger partial charge is 0.133 e. The van der Waals surface area contributed by atoms with E-state index in [-0.39, 0.29) is 0 Å². The fourth-order valence-electron chi connectivity index (χ4n) is 2.95. The van der Waals surface area contributed by atoms with E-state index >= 15 is 0 Å². The molecule has 20 heavy (non-hydrogen) atoms. The number of hydrogen-bond donors (Lipinski definition) is 2. The zero-order valence-electron chi connectivity index (χ0n) is 13.3. The zero-order valence-corrected chi connectivity index (χ0v) is 13.3. The van der Waals surface area contributed by atoms with Crippen molar-refractivity contribution < 1.29 is 0 Å². The lowest BCUT2D eigenvalue weighted by Gasteiger charge is -2.28. The summed E-state index contributed by atoms with van der Waals surface area (Å²) in [4.78, 5) is 9.23. The lowest BCUT2D eigenvalue weighted by molar-refractivity contribution is 0.349. The molecule has 2 rings (SSSR count). The maximum Gasteiger partial charge on any atom is 0.133 e. The molecule has 1 aromatic heterocycles. The van der Waals surface area contributed by atoms with Gasteiger partial charge in [-0.25, -0.2) is 9.97 Å². The predicted octanol–water partition coefficient (Wildman–Crippen LogP) is 3.85. The van der Waals surface area contributed by atoms with Gasteiger partial charge in [0, 0.05) is 25.1 Å². The van der Waals surface area contributed by atoms with Gasteiger partial charge in [-0.15, -0.1) is 0 Å². The first-order chi connectivity index (χ1) is 9.55. The summed E-state index contributed by atoms with van der Waals surface area (Å²) in [6.07, 6.45) is 5.83. The second-order valence-corrected chi connectivity index (χ2v) is 6.41. The normalized spacial score (nSPS) is 20.9. The number of rotatable bonds is 6. The van der Waals surface area contributed by atoms with Crippen LogP contribution in [0, 0.1) is 5.41 Å². The Labute approximate surface area is 122 Å². The predicted molar refractivity (Wildman–Crippen MR) is 85.2 cm³/mol. The molecule has 0 radical (unpaired) electrons. The van der Waals surface area contributed by atoms with Crippen LogP contribution < -0.4 is 10.6 Å². The molecule has 0 saturated heterocycles. The van der Waals surface area contributed by atoms with E-state index in [1.54, 1.807) is 0 Å². The molecule has 2 N–H and O–H groups in total. The molecule has 1 saturated carbocycles. The van der Waals surface area contributed by atoms with Crippen LogP contribution >= 0.6 is 0 Å². The molecule has 0 amide bonds. The highest BCUT2D eigenvalue weighted by atomic mass is 15.1. The molecule has 4 heteroatoms. The maximum absolute atomic E-state index is 4.67. The highest BCUT2D eigenvalue weighted by Gasteiger charge is 2.34. The van der Waals surface area contributed by atoms with Gasteiger partial charge in [0.1, 0.15) is 17.5 Å². The van der Waals surface area contributed by atoms with Crippen LogP contribution in [0.3, 0.4) is 0 Å². The molecule has 1 aliphatic rings. The molecule has 0 aliphatic heterocycles. The third-order valence-electron chi connectivity index (χ3n) is 4.18. The van der Waals surface area contributed by atoms with Gasteiger partial charge in [-0.1, -0.05) is 27.2 Å². The van der Waals surface area contributed by atoms with Crippen molar-refractivity contribution >= 4 is 11.6 Å². The number of aryl methyl sites for hydroxylation is 1. The quantitative estimate of drug-likeness (QED) is 0.828. The van der Waals surface area contributed by atoms with Crippen LogP contribution in [0.15, 0.2) is 6.07 Å². The number of nitrogens with zero attached hydrogens (tertiary/aromatic N) is 2. The van der Waals surface area contributed by atoms with Crippen LogP contribution in [0.4, 0.5) is 11.6 Å². The van der Waals surface area contributed by atoms with Crippen molar-refractivity contribution in [3.05, 3.63) is 11.9 Å². The molecule has 112 valence electrons. The minimum Gasteiger partial charge on any atom is -0.370 e. The monoisotopic (exact) mass is 276 g/mol. The zero-order chi connectivity index (χ0) is 14.6. The van der Waals surface area contributed by atoms with Crippen LogP contribution in [-0.4, -0.2) is 22.6 Å². The summed E-state index contributed by atoms with van der Waals surface area (Å²) in [6, 6.07) is 2.55. The van der Waals surface area contributed by atoms with Gasteiger partial charge in [0.05, 0.1) is 0 Å². The molecule has 0 spiro atoms. The first-order valence-corrected chi connectivity index (χ1v) is 7.93. The lowest BCUT2D eigenvalue weighted by Crippen LogP contribution is -2.31. The Hall–Kier alpha value is -1.32. The van der Waals surface area contributed by atoms with Crippen molar-refractivity contribution in [1.82, 2.24) is 9.97 Å². The number of hydrogen-bond acceptors (Lipinski definition) is 4. The van der Waals surface area contributed by atoms with Gasteiger partial charge in [-0.05, 0) is 31.6 Å². The molecule has 1 atom stereocenters. The lowest BCUT2D eigenvalue weighted by atomic mass is 9.87. The van der Waals surface area contributed by atoms with E-state index in [0.717, 1.165) is 36.8 Å². The van der Waals surface area contributed by atoms with E-state index < -0.39 is 0 Å². The fraction of sp³-hybridized carbons (Fsp3) is 0.750. The molecule has 1 aliphatic carbocycles. The van der Waals surface area contributed by atoms with Crippen molar-refractivity contribution in [3.63, 3.8) is 0 Å². The second kappa shape index (κ2) is 6.42. The second-order valence-electron chi connectivity index (χ2n) is 6.41. The molecule has 0 bridgehead atoms. The van der Waals surface area contributed by atoms with E-state index in [2.05, 4.69) is 48.3 Å². The van der Waals surface area contributed by atoms with Gasteiger partial charge in [-0.2, -0.15) is 0 Å². The topological polar surface area (TPSA) is 49.8 Å². The largest absolute Gasteiger partial charge is 0.370 e. The molecule has 0 aromatic carbocycles. The van der Waals surface area contributed by atoms with Crippen LogP contribution in [-0.2, 0) is 6.42 Å². The van der Waals surface area contributed by atoms with Crippen molar-refractivity contribution in [2.75, 3.05) is 17.2 Å². The molecule has 1 unspecified atom stereocenters. The molecular formula is C16H28N4.